The van der Waals surface area contributed by atoms with Gasteiger partial charge in [0.1, 0.15) is 0 Å². The SMILES string of the molecule is Cl.NCC(=O)NCC(=O)N(Cc1ccccc1C(F)(F)F)C1CCCC1. The summed E-state index contributed by atoms with van der Waals surface area (Å²) >= 11 is 0. The van der Waals surface area contributed by atoms with Gasteiger partial charge in [-0.25, -0.2) is 0 Å². The molecule has 1 aliphatic carbocycles. The molecule has 0 aliphatic heterocycles. The Morgan fingerprint density at radius 2 is 1.81 bits per heavy atom. The van der Waals surface area contributed by atoms with Crippen LogP contribution in [0.3, 0.4) is 0 Å². The van der Waals surface area contributed by atoms with E-state index in [1.54, 1.807) is 0 Å². The molecule has 3 N–H and O–H groups in total. The molecule has 1 saturated carbocycles. The molecule has 0 heterocycles. The molecule has 2 rings (SSSR count). The number of carbonyl (C=O) groups is 2. The Hall–Kier alpha value is -1.80. The van der Waals surface area contributed by atoms with E-state index in [4.69, 9.17) is 5.73 Å². The van der Waals surface area contributed by atoms with Gasteiger partial charge in [0, 0.05) is 12.6 Å². The summed E-state index contributed by atoms with van der Waals surface area (Å²) in [4.78, 5) is 25.2. The van der Waals surface area contributed by atoms with Gasteiger partial charge in [0.2, 0.25) is 11.8 Å². The maximum absolute atomic E-state index is 13.2. The first-order chi connectivity index (χ1) is 11.8. The van der Waals surface area contributed by atoms with Gasteiger partial charge in [0.25, 0.3) is 0 Å². The number of nitrogens with zero attached hydrogens (tertiary/aromatic N) is 1. The van der Waals surface area contributed by atoms with E-state index >= 15 is 0 Å². The van der Waals surface area contributed by atoms with Gasteiger partial charge < -0.3 is 16.0 Å². The number of halogens is 4. The highest BCUT2D eigenvalue weighted by atomic mass is 35.5. The molecule has 1 aromatic carbocycles. The van der Waals surface area contributed by atoms with Gasteiger partial charge in [-0.15, -0.1) is 12.4 Å². The van der Waals surface area contributed by atoms with Crippen LogP contribution in [0.4, 0.5) is 13.2 Å². The second-order valence-electron chi connectivity index (χ2n) is 6.10. The van der Waals surface area contributed by atoms with Gasteiger partial charge in [-0.2, -0.15) is 13.2 Å². The van der Waals surface area contributed by atoms with E-state index in [2.05, 4.69) is 5.32 Å². The van der Waals surface area contributed by atoms with E-state index in [0.717, 1.165) is 31.7 Å². The average molecular weight is 394 g/mol. The van der Waals surface area contributed by atoms with Crippen LogP contribution in [-0.4, -0.2) is 35.8 Å². The monoisotopic (exact) mass is 393 g/mol. The highest BCUT2D eigenvalue weighted by molar-refractivity contribution is 5.86. The van der Waals surface area contributed by atoms with E-state index < -0.39 is 23.6 Å². The van der Waals surface area contributed by atoms with Gasteiger partial charge >= 0.3 is 6.18 Å². The average Bonchev–Trinajstić information content (AvgIpc) is 3.10. The third kappa shape index (κ3) is 5.88. The number of hydrogen-bond acceptors (Lipinski definition) is 3. The number of carbonyl (C=O) groups excluding carboxylic acids is 2. The Morgan fingerprint density at radius 3 is 2.38 bits per heavy atom. The van der Waals surface area contributed by atoms with E-state index in [1.807, 2.05) is 0 Å². The van der Waals surface area contributed by atoms with Gasteiger partial charge in [-0.1, -0.05) is 31.0 Å². The zero-order valence-corrected chi connectivity index (χ0v) is 15.0. The maximum Gasteiger partial charge on any atom is 0.416 e. The van der Waals surface area contributed by atoms with E-state index in [1.165, 1.54) is 23.1 Å². The van der Waals surface area contributed by atoms with E-state index in [-0.39, 0.29) is 43.6 Å². The molecule has 26 heavy (non-hydrogen) atoms. The highest BCUT2D eigenvalue weighted by Crippen LogP contribution is 2.33. The van der Waals surface area contributed by atoms with Crippen LogP contribution in [-0.2, 0) is 22.3 Å². The molecule has 0 atom stereocenters. The summed E-state index contributed by atoms with van der Waals surface area (Å²) < 4.78 is 39.6. The van der Waals surface area contributed by atoms with Crippen molar-refractivity contribution in [1.82, 2.24) is 10.2 Å². The third-order valence-corrected chi connectivity index (χ3v) is 4.37. The fourth-order valence-corrected chi connectivity index (χ4v) is 3.10. The van der Waals surface area contributed by atoms with E-state index in [9.17, 15) is 22.8 Å². The number of alkyl halides is 3. The normalized spacial score (nSPS) is 14.6. The Labute approximate surface area is 156 Å². The first kappa shape index (κ1) is 22.2. The molecule has 146 valence electrons. The Morgan fingerprint density at radius 1 is 1.19 bits per heavy atom. The van der Waals surface area contributed by atoms with Gasteiger partial charge in [0.05, 0.1) is 18.7 Å². The summed E-state index contributed by atoms with van der Waals surface area (Å²) in [5.74, 6) is -0.874. The summed E-state index contributed by atoms with van der Waals surface area (Å²) in [6, 6.07) is 5.15. The molecular formula is C17H23ClF3N3O2. The Kier molecular flexibility index (Phi) is 8.36. The van der Waals surface area contributed by atoms with Crippen LogP contribution >= 0.6 is 12.4 Å². The van der Waals surface area contributed by atoms with Crippen molar-refractivity contribution in [2.24, 2.45) is 5.73 Å². The molecule has 0 bridgehead atoms. The lowest BCUT2D eigenvalue weighted by Crippen LogP contribution is -2.45. The van der Waals surface area contributed by atoms with Gasteiger partial charge in [0.15, 0.2) is 0 Å². The van der Waals surface area contributed by atoms with Crippen LogP contribution in [0.15, 0.2) is 24.3 Å². The van der Waals surface area contributed by atoms with Crippen LogP contribution in [0, 0.1) is 0 Å². The van der Waals surface area contributed by atoms with Gasteiger partial charge in [-0.3, -0.25) is 9.59 Å². The van der Waals surface area contributed by atoms with Crippen LogP contribution < -0.4 is 11.1 Å². The second-order valence-corrected chi connectivity index (χ2v) is 6.10. The number of nitrogens with two attached hydrogens (primary N) is 1. The smallest absolute Gasteiger partial charge is 0.346 e. The predicted octanol–water partition coefficient (Wildman–Crippen LogP) is 2.47. The van der Waals surface area contributed by atoms with E-state index in [0.29, 0.717) is 0 Å². The number of amides is 2. The summed E-state index contributed by atoms with van der Waals surface area (Å²) in [5.41, 5.74) is 4.50. The zero-order valence-electron chi connectivity index (χ0n) is 14.2. The van der Waals surface area contributed by atoms with Crippen molar-refractivity contribution in [1.29, 1.82) is 0 Å². The summed E-state index contributed by atoms with van der Waals surface area (Å²) in [6.07, 6.45) is -1.10. The topological polar surface area (TPSA) is 75.4 Å². The highest BCUT2D eigenvalue weighted by Gasteiger charge is 2.35. The zero-order chi connectivity index (χ0) is 18.4. The molecule has 1 fully saturated rings. The lowest BCUT2D eigenvalue weighted by molar-refractivity contribution is -0.140. The molecule has 1 aromatic rings. The molecule has 1 aliphatic rings. The second kappa shape index (κ2) is 9.78. The fraction of sp³-hybridized carbons (Fsp3) is 0.529. The standard InChI is InChI=1S/C17H22F3N3O2.ClH/c18-17(19,20)14-8-4-1-5-12(14)11-23(13-6-2-3-7-13)16(25)10-22-15(24)9-21;/h1,4-5,8,13H,2-3,6-7,9-11,21H2,(H,22,24);1H. The quantitative estimate of drug-likeness (QED) is 0.779. The third-order valence-electron chi connectivity index (χ3n) is 4.37. The molecule has 0 radical (unpaired) electrons. The number of benzene rings is 1. The lowest BCUT2D eigenvalue weighted by atomic mass is 10.0. The molecule has 0 aromatic heterocycles. The van der Waals surface area contributed by atoms with Crippen LogP contribution in [0.1, 0.15) is 36.8 Å². The summed E-state index contributed by atoms with van der Waals surface area (Å²) in [6.45, 7) is -0.633. The molecule has 0 unspecified atom stereocenters. The maximum atomic E-state index is 13.2. The largest absolute Gasteiger partial charge is 0.416 e. The van der Waals surface area contributed by atoms with Crippen LogP contribution in [0.2, 0.25) is 0 Å². The number of hydrogen-bond donors (Lipinski definition) is 2. The fourth-order valence-electron chi connectivity index (χ4n) is 3.10. The predicted molar refractivity (Wildman–Crippen MR) is 93.6 cm³/mol. The molecule has 2 amide bonds. The van der Waals surface area contributed by atoms with Crippen molar-refractivity contribution in [3.05, 3.63) is 35.4 Å². The molecule has 9 heteroatoms. The van der Waals surface area contributed by atoms with Crippen molar-refractivity contribution in [2.45, 2.75) is 44.4 Å². The number of nitrogens with one attached hydrogen (secondary N) is 1. The molecule has 0 spiro atoms. The molecule has 5 nitrogen and oxygen atoms in total. The number of rotatable bonds is 6. The van der Waals surface area contributed by atoms with Crippen molar-refractivity contribution in [2.75, 3.05) is 13.1 Å². The minimum atomic E-state index is -4.48. The minimum Gasteiger partial charge on any atom is -0.346 e. The minimum absolute atomic E-state index is 0. The first-order valence-electron chi connectivity index (χ1n) is 8.24. The van der Waals surface area contributed by atoms with Crippen molar-refractivity contribution in [3.63, 3.8) is 0 Å². The molecular weight excluding hydrogens is 371 g/mol. The van der Waals surface area contributed by atoms with Crippen molar-refractivity contribution >= 4 is 24.2 Å². The summed E-state index contributed by atoms with van der Waals surface area (Å²) in [7, 11) is 0. The van der Waals surface area contributed by atoms with Crippen molar-refractivity contribution in [3.8, 4) is 0 Å². The first-order valence-corrected chi connectivity index (χ1v) is 8.24. The van der Waals surface area contributed by atoms with Gasteiger partial charge in [-0.05, 0) is 24.5 Å². The molecule has 0 saturated heterocycles. The summed E-state index contributed by atoms with van der Waals surface area (Å²) in [5, 5.41) is 2.39. The Bertz CT molecular complexity index is 620. The Balaban J connectivity index is 0.00000338. The van der Waals surface area contributed by atoms with Crippen LogP contribution in [0.5, 0.6) is 0 Å². The van der Waals surface area contributed by atoms with Crippen LogP contribution in [0.25, 0.3) is 0 Å². The van der Waals surface area contributed by atoms with Crippen molar-refractivity contribution < 1.29 is 22.8 Å². The lowest BCUT2D eigenvalue weighted by Gasteiger charge is -2.30.